The van der Waals surface area contributed by atoms with Gasteiger partial charge in [0.1, 0.15) is 4.99 Å². The second kappa shape index (κ2) is 7.61. The van der Waals surface area contributed by atoms with Gasteiger partial charge in [-0.1, -0.05) is 42.0 Å². The first-order valence-corrected chi connectivity index (χ1v) is 7.35. The maximum atomic E-state index is 5.65. The molecule has 0 aliphatic heterocycles. The summed E-state index contributed by atoms with van der Waals surface area (Å²) in [5.41, 5.74) is 3.00. The lowest BCUT2D eigenvalue weighted by Gasteiger charge is -2.10. The van der Waals surface area contributed by atoms with Crippen molar-refractivity contribution in [3.05, 3.63) is 65.9 Å². The number of rotatable bonds is 5. The van der Waals surface area contributed by atoms with E-state index in [1.165, 1.54) is 5.56 Å². The maximum Gasteiger partial charge on any atom is 0.168 e. The standard InChI is InChI=1S/C18H19NO2S/c1-13-8-10-15(11-9-13)19-18(22)14(2)12-21-17-7-5-4-6-16(17)20-3/h4-12H,1-3H3,(H,19,22)/b14-12+. The predicted octanol–water partition coefficient (Wildman–Crippen LogP) is 4.73. The van der Waals surface area contributed by atoms with Crippen LogP contribution in [0.25, 0.3) is 0 Å². The van der Waals surface area contributed by atoms with E-state index < -0.39 is 0 Å². The second-order valence-corrected chi connectivity index (χ2v) is 5.30. The van der Waals surface area contributed by atoms with Gasteiger partial charge in [0.15, 0.2) is 11.5 Å². The summed E-state index contributed by atoms with van der Waals surface area (Å²) in [5, 5.41) is 3.19. The Labute approximate surface area is 136 Å². The summed E-state index contributed by atoms with van der Waals surface area (Å²) in [6, 6.07) is 15.5. The van der Waals surface area contributed by atoms with E-state index in [2.05, 4.69) is 5.32 Å². The predicted molar refractivity (Wildman–Crippen MR) is 94.8 cm³/mol. The first kappa shape index (κ1) is 16.0. The van der Waals surface area contributed by atoms with Crippen molar-refractivity contribution in [1.82, 2.24) is 0 Å². The first-order valence-electron chi connectivity index (χ1n) is 6.94. The van der Waals surface area contributed by atoms with Crippen LogP contribution in [0.15, 0.2) is 60.4 Å². The fourth-order valence-electron chi connectivity index (χ4n) is 1.79. The fraction of sp³-hybridized carbons (Fsp3) is 0.167. The lowest BCUT2D eigenvalue weighted by Crippen LogP contribution is -2.10. The van der Waals surface area contributed by atoms with Crippen molar-refractivity contribution >= 4 is 22.9 Å². The minimum atomic E-state index is 0.624. The molecule has 0 bridgehead atoms. The molecule has 0 aliphatic carbocycles. The largest absolute Gasteiger partial charge is 0.493 e. The number of thiocarbonyl (C=S) groups is 1. The number of aryl methyl sites for hydroxylation is 1. The number of nitrogens with one attached hydrogen (secondary N) is 1. The van der Waals surface area contributed by atoms with Gasteiger partial charge in [-0.3, -0.25) is 0 Å². The van der Waals surface area contributed by atoms with Gasteiger partial charge in [-0.15, -0.1) is 0 Å². The summed E-state index contributed by atoms with van der Waals surface area (Å²) in [4.78, 5) is 0.624. The average Bonchev–Trinajstić information content (AvgIpc) is 2.54. The topological polar surface area (TPSA) is 30.5 Å². The third kappa shape index (κ3) is 4.33. The zero-order chi connectivity index (χ0) is 15.9. The number of benzene rings is 2. The van der Waals surface area contributed by atoms with E-state index in [9.17, 15) is 0 Å². The van der Waals surface area contributed by atoms with Crippen LogP contribution in [0.3, 0.4) is 0 Å². The van der Waals surface area contributed by atoms with Crippen molar-refractivity contribution in [2.75, 3.05) is 12.4 Å². The van der Waals surface area contributed by atoms with Crippen molar-refractivity contribution in [2.45, 2.75) is 13.8 Å². The van der Waals surface area contributed by atoms with E-state index in [1.807, 2.05) is 62.4 Å². The Morgan fingerprint density at radius 1 is 1.05 bits per heavy atom. The third-order valence-electron chi connectivity index (χ3n) is 3.10. The molecule has 0 aromatic heterocycles. The van der Waals surface area contributed by atoms with Crippen LogP contribution in [0, 0.1) is 6.92 Å². The Bertz CT molecular complexity index is 678. The molecule has 0 heterocycles. The second-order valence-electron chi connectivity index (χ2n) is 4.89. The molecule has 3 nitrogen and oxygen atoms in total. The molecule has 0 fully saturated rings. The molecule has 0 saturated heterocycles. The van der Waals surface area contributed by atoms with Gasteiger partial charge >= 0.3 is 0 Å². The monoisotopic (exact) mass is 313 g/mol. The van der Waals surface area contributed by atoms with Crippen LogP contribution < -0.4 is 14.8 Å². The molecule has 2 rings (SSSR count). The van der Waals surface area contributed by atoms with Crippen LogP contribution in [0.4, 0.5) is 5.69 Å². The quantitative estimate of drug-likeness (QED) is 0.491. The minimum absolute atomic E-state index is 0.624. The van der Waals surface area contributed by atoms with Crippen LogP contribution in [-0.4, -0.2) is 12.1 Å². The lowest BCUT2D eigenvalue weighted by atomic mass is 10.2. The molecular formula is C18H19NO2S. The van der Waals surface area contributed by atoms with E-state index >= 15 is 0 Å². The minimum Gasteiger partial charge on any atom is -0.493 e. The highest BCUT2D eigenvalue weighted by Gasteiger charge is 2.04. The molecule has 0 radical (unpaired) electrons. The van der Waals surface area contributed by atoms with E-state index in [-0.39, 0.29) is 0 Å². The highest BCUT2D eigenvalue weighted by molar-refractivity contribution is 7.81. The molecule has 1 N–H and O–H groups in total. The zero-order valence-corrected chi connectivity index (χ0v) is 13.7. The van der Waals surface area contributed by atoms with Gasteiger partial charge in [0.05, 0.1) is 13.4 Å². The van der Waals surface area contributed by atoms with Gasteiger partial charge in [0, 0.05) is 11.3 Å². The van der Waals surface area contributed by atoms with Crippen LogP contribution >= 0.6 is 12.2 Å². The Kier molecular flexibility index (Phi) is 5.55. The number of anilines is 1. The van der Waals surface area contributed by atoms with Gasteiger partial charge in [-0.2, -0.15) is 0 Å². The van der Waals surface area contributed by atoms with E-state index in [1.54, 1.807) is 13.4 Å². The van der Waals surface area contributed by atoms with E-state index in [4.69, 9.17) is 21.7 Å². The van der Waals surface area contributed by atoms with E-state index in [0.29, 0.717) is 16.5 Å². The molecule has 2 aromatic carbocycles. The van der Waals surface area contributed by atoms with Gasteiger partial charge in [-0.05, 0) is 38.1 Å². The van der Waals surface area contributed by atoms with Crippen LogP contribution in [0.2, 0.25) is 0 Å². The number of ether oxygens (including phenoxy) is 2. The molecule has 0 amide bonds. The van der Waals surface area contributed by atoms with Crippen LogP contribution in [0.5, 0.6) is 11.5 Å². The maximum absolute atomic E-state index is 5.65. The Balaban J connectivity index is 2.02. The first-order chi connectivity index (χ1) is 10.6. The Morgan fingerprint density at radius 2 is 1.68 bits per heavy atom. The molecule has 0 saturated carbocycles. The highest BCUT2D eigenvalue weighted by Crippen LogP contribution is 2.26. The van der Waals surface area contributed by atoms with Crippen molar-refractivity contribution in [3.63, 3.8) is 0 Å². The van der Waals surface area contributed by atoms with Crippen molar-refractivity contribution in [3.8, 4) is 11.5 Å². The lowest BCUT2D eigenvalue weighted by molar-refractivity contribution is 0.377. The molecular weight excluding hydrogens is 294 g/mol. The van der Waals surface area contributed by atoms with Gasteiger partial charge in [0.25, 0.3) is 0 Å². The molecule has 0 atom stereocenters. The molecule has 22 heavy (non-hydrogen) atoms. The summed E-state index contributed by atoms with van der Waals surface area (Å²) in [6.45, 7) is 3.95. The SMILES string of the molecule is COc1ccccc1O/C=C(\C)C(=S)Nc1ccc(C)cc1. The zero-order valence-electron chi connectivity index (χ0n) is 12.9. The summed E-state index contributed by atoms with van der Waals surface area (Å²) in [5.74, 6) is 1.34. The van der Waals surface area contributed by atoms with E-state index in [0.717, 1.165) is 11.3 Å². The molecule has 0 aliphatic rings. The Hall–Kier alpha value is -2.33. The van der Waals surface area contributed by atoms with Gasteiger partial charge < -0.3 is 14.8 Å². The molecule has 4 heteroatoms. The van der Waals surface area contributed by atoms with Crippen molar-refractivity contribution in [2.24, 2.45) is 0 Å². The number of hydrogen-bond acceptors (Lipinski definition) is 3. The van der Waals surface area contributed by atoms with Crippen LogP contribution in [0.1, 0.15) is 12.5 Å². The summed E-state index contributed by atoms with van der Waals surface area (Å²) >= 11 is 5.38. The number of hydrogen-bond donors (Lipinski definition) is 1. The highest BCUT2D eigenvalue weighted by atomic mass is 32.1. The van der Waals surface area contributed by atoms with Crippen molar-refractivity contribution < 1.29 is 9.47 Å². The third-order valence-corrected chi connectivity index (χ3v) is 3.52. The summed E-state index contributed by atoms with van der Waals surface area (Å²) in [6.07, 6.45) is 1.63. The molecule has 0 spiro atoms. The average molecular weight is 313 g/mol. The summed E-state index contributed by atoms with van der Waals surface area (Å²) in [7, 11) is 1.61. The molecule has 114 valence electrons. The normalized spacial score (nSPS) is 11.0. The van der Waals surface area contributed by atoms with Crippen LogP contribution in [-0.2, 0) is 0 Å². The number of para-hydroxylation sites is 2. The molecule has 2 aromatic rings. The molecule has 0 unspecified atom stereocenters. The van der Waals surface area contributed by atoms with Gasteiger partial charge in [-0.25, -0.2) is 0 Å². The smallest absolute Gasteiger partial charge is 0.168 e. The fourth-order valence-corrected chi connectivity index (χ4v) is 1.95. The van der Waals surface area contributed by atoms with Gasteiger partial charge in [0.2, 0.25) is 0 Å². The number of methoxy groups -OCH3 is 1. The van der Waals surface area contributed by atoms with Crippen molar-refractivity contribution in [1.29, 1.82) is 0 Å². The summed E-state index contributed by atoms with van der Waals surface area (Å²) < 4.78 is 10.9. The Morgan fingerprint density at radius 3 is 2.32 bits per heavy atom.